The third-order valence-corrected chi connectivity index (χ3v) is 4.32. The van der Waals surface area contributed by atoms with Crippen molar-refractivity contribution in [3.8, 4) is 5.75 Å². The first-order valence-corrected chi connectivity index (χ1v) is 8.38. The van der Waals surface area contributed by atoms with Gasteiger partial charge in [0.2, 0.25) is 0 Å². The summed E-state index contributed by atoms with van der Waals surface area (Å²) in [5.74, 6) is 0.761. The monoisotopic (exact) mass is 353 g/mol. The van der Waals surface area contributed by atoms with Crippen LogP contribution in [0.2, 0.25) is 0 Å². The highest BCUT2D eigenvalue weighted by Crippen LogP contribution is 2.33. The van der Waals surface area contributed by atoms with Crippen LogP contribution in [0.3, 0.4) is 0 Å². The van der Waals surface area contributed by atoms with Crippen molar-refractivity contribution in [3.63, 3.8) is 0 Å². The van der Waals surface area contributed by atoms with Gasteiger partial charge in [0, 0.05) is 16.1 Å². The number of carbonyl (C=O) groups is 1. The van der Waals surface area contributed by atoms with E-state index in [0.717, 1.165) is 28.6 Å². The van der Waals surface area contributed by atoms with E-state index in [2.05, 4.69) is 48.1 Å². The second-order valence-electron chi connectivity index (χ2n) is 6.73. The Morgan fingerprint density at radius 3 is 2.62 bits per heavy atom. The summed E-state index contributed by atoms with van der Waals surface area (Å²) in [4.78, 5) is 12.0. The fourth-order valence-corrected chi connectivity index (χ4v) is 3.06. The van der Waals surface area contributed by atoms with Crippen LogP contribution in [0.4, 0.5) is 0 Å². The summed E-state index contributed by atoms with van der Waals surface area (Å²) in [6.07, 6.45) is 4.62. The number of benzene rings is 1. The zero-order chi connectivity index (χ0) is 15.5. The molecule has 1 aliphatic rings. The maximum Gasteiger partial charge on any atom is 0.258 e. The summed E-state index contributed by atoms with van der Waals surface area (Å²) >= 11 is 3.49. The van der Waals surface area contributed by atoms with Gasteiger partial charge in [-0.3, -0.25) is 4.79 Å². The number of carbonyl (C=O) groups excluding carboxylic acids is 1. The molecule has 3 nitrogen and oxygen atoms in total. The van der Waals surface area contributed by atoms with E-state index < -0.39 is 0 Å². The van der Waals surface area contributed by atoms with E-state index in [9.17, 15) is 4.79 Å². The van der Waals surface area contributed by atoms with E-state index in [1.54, 1.807) is 0 Å². The molecule has 0 saturated heterocycles. The third-order valence-electron chi connectivity index (χ3n) is 3.83. The average Bonchev–Trinajstić information content (AvgIpc) is 2.89. The van der Waals surface area contributed by atoms with Gasteiger partial charge < -0.3 is 10.1 Å². The predicted octanol–water partition coefficient (Wildman–Crippen LogP) is 4.18. The summed E-state index contributed by atoms with van der Waals surface area (Å²) in [5.41, 5.74) is 1.08. The third kappa shape index (κ3) is 4.73. The number of nitrogens with one attached hydrogen (secondary N) is 1. The summed E-state index contributed by atoms with van der Waals surface area (Å²) in [7, 11) is 0. The number of rotatable bonds is 4. The molecule has 116 valence electrons. The smallest absolute Gasteiger partial charge is 0.258 e. The van der Waals surface area contributed by atoms with Gasteiger partial charge >= 0.3 is 0 Å². The second kappa shape index (κ2) is 6.82. The molecule has 0 aromatic heterocycles. The molecule has 1 aromatic rings. The molecular weight excluding hydrogens is 330 g/mol. The Hall–Kier alpha value is -1.03. The highest BCUT2D eigenvalue weighted by Gasteiger charge is 2.21. The lowest BCUT2D eigenvalue weighted by molar-refractivity contribution is -0.123. The van der Waals surface area contributed by atoms with Crippen molar-refractivity contribution in [1.29, 1.82) is 0 Å². The van der Waals surface area contributed by atoms with E-state index in [1.165, 1.54) is 12.8 Å². The minimum Gasteiger partial charge on any atom is -0.483 e. The molecule has 2 rings (SSSR count). The molecule has 0 spiro atoms. The van der Waals surface area contributed by atoms with E-state index in [4.69, 9.17) is 4.74 Å². The average molecular weight is 354 g/mol. The van der Waals surface area contributed by atoms with Gasteiger partial charge in [-0.05, 0) is 36.5 Å². The van der Waals surface area contributed by atoms with Crippen LogP contribution in [0.5, 0.6) is 5.75 Å². The molecule has 1 amide bonds. The second-order valence-corrected chi connectivity index (χ2v) is 7.64. The van der Waals surface area contributed by atoms with Crippen LogP contribution in [-0.4, -0.2) is 18.6 Å². The molecule has 0 bridgehead atoms. The SMILES string of the molecule is CC(C)(C)c1cc(Br)ccc1OCC(=O)NC1CCCC1. The number of ether oxygens (including phenoxy) is 1. The fourth-order valence-electron chi connectivity index (χ4n) is 2.70. The van der Waals surface area contributed by atoms with Gasteiger partial charge in [-0.2, -0.15) is 0 Å². The molecule has 4 heteroatoms. The molecule has 0 heterocycles. The summed E-state index contributed by atoms with van der Waals surface area (Å²) < 4.78 is 6.78. The van der Waals surface area contributed by atoms with Gasteiger partial charge in [0.25, 0.3) is 5.91 Å². The van der Waals surface area contributed by atoms with Crippen LogP contribution in [0, 0.1) is 0 Å². The predicted molar refractivity (Wildman–Crippen MR) is 88.7 cm³/mol. The maximum absolute atomic E-state index is 12.0. The van der Waals surface area contributed by atoms with Crippen LogP contribution in [0.25, 0.3) is 0 Å². The summed E-state index contributed by atoms with van der Waals surface area (Å²) in [6.45, 7) is 6.50. The van der Waals surface area contributed by atoms with Crippen molar-refractivity contribution in [2.45, 2.75) is 57.9 Å². The van der Waals surface area contributed by atoms with E-state index in [1.807, 2.05) is 12.1 Å². The topological polar surface area (TPSA) is 38.3 Å². The van der Waals surface area contributed by atoms with Crippen molar-refractivity contribution in [1.82, 2.24) is 5.32 Å². The summed E-state index contributed by atoms with van der Waals surface area (Å²) in [6, 6.07) is 6.27. The number of halogens is 1. The van der Waals surface area contributed by atoms with Gasteiger partial charge in [0.05, 0.1) is 0 Å². The minimum absolute atomic E-state index is 0.0234. The molecule has 1 aliphatic carbocycles. The number of amides is 1. The molecule has 1 aromatic carbocycles. The first-order valence-electron chi connectivity index (χ1n) is 7.58. The van der Waals surface area contributed by atoms with Gasteiger partial charge in [-0.25, -0.2) is 0 Å². The molecular formula is C17H24BrNO2. The van der Waals surface area contributed by atoms with Crippen molar-refractivity contribution >= 4 is 21.8 Å². The lowest BCUT2D eigenvalue weighted by Crippen LogP contribution is -2.36. The maximum atomic E-state index is 12.0. The van der Waals surface area contributed by atoms with Crippen LogP contribution in [0.1, 0.15) is 52.0 Å². The Kier molecular flexibility index (Phi) is 5.31. The molecule has 1 N–H and O–H groups in total. The zero-order valence-electron chi connectivity index (χ0n) is 13.0. The van der Waals surface area contributed by atoms with Crippen LogP contribution in [0.15, 0.2) is 22.7 Å². The van der Waals surface area contributed by atoms with E-state index in [0.29, 0.717) is 6.04 Å². The molecule has 0 radical (unpaired) electrons. The Balaban J connectivity index is 1.97. The lowest BCUT2D eigenvalue weighted by atomic mass is 9.86. The van der Waals surface area contributed by atoms with Gasteiger partial charge in [0.15, 0.2) is 6.61 Å². The normalized spacial score (nSPS) is 16.0. The summed E-state index contributed by atoms with van der Waals surface area (Å²) in [5, 5.41) is 3.05. The zero-order valence-corrected chi connectivity index (χ0v) is 14.6. The Labute approximate surface area is 135 Å². The molecule has 0 atom stereocenters. The van der Waals surface area contributed by atoms with Crippen molar-refractivity contribution in [2.75, 3.05) is 6.61 Å². The van der Waals surface area contributed by atoms with E-state index in [-0.39, 0.29) is 17.9 Å². The Bertz CT molecular complexity index is 502. The highest BCUT2D eigenvalue weighted by molar-refractivity contribution is 9.10. The van der Waals surface area contributed by atoms with Crippen molar-refractivity contribution < 1.29 is 9.53 Å². The number of hydrogen-bond donors (Lipinski definition) is 1. The number of hydrogen-bond acceptors (Lipinski definition) is 2. The molecule has 1 fully saturated rings. The Morgan fingerprint density at radius 1 is 1.33 bits per heavy atom. The standard InChI is InChI=1S/C17H24BrNO2/c1-17(2,3)14-10-12(18)8-9-15(14)21-11-16(20)19-13-6-4-5-7-13/h8-10,13H,4-7,11H2,1-3H3,(H,19,20). The Morgan fingerprint density at radius 2 is 2.00 bits per heavy atom. The van der Waals surface area contributed by atoms with Gasteiger partial charge in [-0.1, -0.05) is 49.5 Å². The van der Waals surface area contributed by atoms with Crippen molar-refractivity contribution in [3.05, 3.63) is 28.2 Å². The van der Waals surface area contributed by atoms with Crippen LogP contribution >= 0.6 is 15.9 Å². The van der Waals surface area contributed by atoms with Gasteiger partial charge in [-0.15, -0.1) is 0 Å². The van der Waals surface area contributed by atoms with Gasteiger partial charge in [0.1, 0.15) is 5.75 Å². The van der Waals surface area contributed by atoms with Crippen molar-refractivity contribution in [2.24, 2.45) is 0 Å². The molecule has 21 heavy (non-hydrogen) atoms. The molecule has 0 unspecified atom stereocenters. The lowest BCUT2D eigenvalue weighted by Gasteiger charge is -2.23. The quantitative estimate of drug-likeness (QED) is 0.881. The first-order chi connectivity index (χ1) is 9.86. The van der Waals surface area contributed by atoms with Crippen LogP contribution in [-0.2, 0) is 10.2 Å². The minimum atomic E-state index is -0.0267. The highest BCUT2D eigenvalue weighted by atomic mass is 79.9. The largest absolute Gasteiger partial charge is 0.483 e. The molecule has 1 saturated carbocycles. The first kappa shape index (κ1) is 16.3. The fraction of sp³-hybridized carbons (Fsp3) is 0.588. The van der Waals surface area contributed by atoms with E-state index >= 15 is 0 Å². The van der Waals surface area contributed by atoms with Crippen LogP contribution < -0.4 is 10.1 Å². The molecule has 0 aliphatic heterocycles.